The third-order valence-electron chi connectivity index (χ3n) is 2.37. The molecule has 0 bridgehead atoms. The first-order chi connectivity index (χ1) is 5.99. The summed E-state index contributed by atoms with van der Waals surface area (Å²) in [6.45, 7) is 3.66. The van der Waals surface area contributed by atoms with Crippen molar-refractivity contribution >= 4 is 5.97 Å². The molecule has 1 atom stereocenters. The van der Waals surface area contributed by atoms with E-state index >= 15 is 0 Å². The van der Waals surface area contributed by atoms with Crippen LogP contribution in [0.4, 0.5) is 4.39 Å². The summed E-state index contributed by atoms with van der Waals surface area (Å²) in [6, 6.07) is 0. The van der Waals surface area contributed by atoms with E-state index in [1.54, 1.807) is 6.92 Å². The molecule has 0 amide bonds. The summed E-state index contributed by atoms with van der Waals surface area (Å²) in [5.41, 5.74) is -1.47. The van der Waals surface area contributed by atoms with Crippen LogP contribution < -0.4 is 0 Å². The fourth-order valence-corrected chi connectivity index (χ4v) is 1.79. The number of hydrogen-bond donors (Lipinski definition) is 1. The van der Waals surface area contributed by atoms with E-state index in [-0.39, 0.29) is 12.5 Å². The van der Waals surface area contributed by atoms with Gasteiger partial charge in [0.05, 0.1) is 6.61 Å². The van der Waals surface area contributed by atoms with Gasteiger partial charge < -0.3 is 9.84 Å². The third-order valence-corrected chi connectivity index (χ3v) is 2.37. The van der Waals surface area contributed by atoms with Gasteiger partial charge in [0.15, 0.2) is 0 Å². The quantitative estimate of drug-likeness (QED) is 0.676. The molecule has 4 heteroatoms. The summed E-state index contributed by atoms with van der Waals surface area (Å²) < 4.78 is 17.7. The number of alkyl halides is 1. The Hall–Kier alpha value is -0.640. The van der Waals surface area contributed by atoms with Crippen LogP contribution in [-0.2, 0) is 9.53 Å². The van der Waals surface area contributed by atoms with Gasteiger partial charge in [0.25, 0.3) is 0 Å². The molecule has 76 valence electrons. The molecule has 0 aliphatic heterocycles. The fourth-order valence-electron chi connectivity index (χ4n) is 1.79. The van der Waals surface area contributed by atoms with Crippen molar-refractivity contribution < 1.29 is 19.0 Å². The number of carbonyl (C=O) groups is 1. The molecule has 0 aromatic carbocycles. The number of hydrogen-bond acceptors (Lipinski definition) is 3. The van der Waals surface area contributed by atoms with E-state index in [9.17, 15) is 14.3 Å². The predicted molar refractivity (Wildman–Crippen MR) is 44.9 cm³/mol. The summed E-state index contributed by atoms with van der Waals surface area (Å²) in [7, 11) is 0. The molecular weight excluding hydrogens is 175 g/mol. The molecule has 1 unspecified atom stereocenters. The molecule has 1 aliphatic carbocycles. The normalized spacial score (nSPS) is 34.9. The molecule has 0 heterocycles. The zero-order valence-electron chi connectivity index (χ0n) is 7.92. The van der Waals surface area contributed by atoms with Crippen LogP contribution in [0.2, 0.25) is 0 Å². The highest BCUT2D eigenvalue weighted by molar-refractivity contribution is 5.76. The second-order valence-electron chi connectivity index (χ2n) is 3.73. The largest absolute Gasteiger partial charge is 0.464 e. The SMILES string of the molecule is CCOC(=O)C(F)C1(O)CC(C)C1. The lowest BCUT2D eigenvalue weighted by molar-refractivity contribution is -0.174. The smallest absolute Gasteiger partial charge is 0.343 e. The van der Waals surface area contributed by atoms with Crippen molar-refractivity contribution in [3.63, 3.8) is 0 Å². The number of aliphatic hydroxyl groups is 1. The van der Waals surface area contributed by atoms with Gasteiger partial charge in [-0.1, -0.05) is 6.92 Å². The van der Waals surface area contributed by atoms with Crippen LogP contribution in [0.3, 0.4) is 0 Å². The van der Waals surface area contributed by atoms with E-state index < -0.39 is 17.7 Å². The Morgan fingerprint density at radius 1 is 1.77 bits per heavy atom. The number of carbonyl (C=O) groups excluding carboxylic acids is 1. The summed E-state index contributed by atoms with van der Waals surface area (Å²) in [4.78, 5) is 10.9. The van der Waals surface area contributed by atoms with Gasteiger partial charge in [-0.05, 0) is 25.7 Å². The molecule has 0 spiro atoms. The Morgan fingerprint density at radius 2 is 2.31 bits per heavy atom. The number of halogens is 1. The Labute approximate surface area is 76.9 Å². The first-order valence-electron chi connectivity index (χ1n) is 4.52. The molecule has 1 rings (SSSR count). The van der Waals surface area contributed by atoms with Crippen LogP contribution in [-0.4, -0.2) is 29.5 Å². The molecule has 1 saturated carbocycles. The monoisotopic (exact) mass is 190 g/mol. The number of esters is 1. The van der Waals surface area contributed by atoms with Crippen molar-refractivity contribution in [2.24, 2.45) is 5.92 Å². The highest BCUT2D eigenvalue weighted by atomic mass is 19.1. The third kappa shape index (κ3) is 1.99. The van der Waals surface area contributed by atoms with Crippen molar-refractivity contribution in [3.8, 4) is 0 Å². The summed E-state index contributed by atoms with van der Waals surface area (Å²) >= 11 is 0. The average molecular weight is 190 g/mol. The van der Waals surface area contributed by atoms with Crippen LogP contribution in [0.15, 0.2) is 0 Å². The van der Waals surface area contributed by atoms with Gasteiger partial charge in [-0.3, -0.25) is 0 Å². The van der Waals surface area contributed by atoms with Gasteiger partial charge in [-0.2, -0.15) is 0 Å². The zero-order chi connectivity index (χ0) is 10.1. The lowest BCUT2D eigenvalue weighted by Crippen LogP contribution is -2.53. The van der Waals surface area contributed by atoms with Crippen LogP contribution in [0.25, 0.3) is 0 Å². The molecule has 1 fully saturated rings. The summed E-state index contributed by atoms with van der Waals surface area (Å²) in [5, 5.41) is 9.57. The van der Waals surface area contributed by atoms with E-state index in [2.05, 4.69) is 4.74 Å². The van der Waals surface area contributed by atoms with Crippen molar-refractivity contribution in [1.82, 2.24) is 0 Å². The summed E-state index contributed by atoms with van der Waals surface area (Å²) in [6.07, 6.45) is -1.20. The van der Waals surface area contributed by atoms with Gasteiger partial charge in [0, 0.05) is 0 Å². The van der Waals surface area contributed by atoms with Gasteiger partial charge in [-0.25, -0.2) is 9.18 Å². The minimum atomic E-state index is -1.89. The second kappa shape index (κ2) is 3.62. The predicted octanol–water partition coefficient (Wildman–Crippen LogP) is 1.05. The first-order valence-corrected chi connectivity index (χ1v) is 4.52. The standard InChI is InChI=1S/C9H15FO3/c1-3-13-8(11)7(10)9(12)4-6(2)5-9/h6-7,12H,3-5H2,1-2H3. The number of ether oxygens (including phenoxy) is 1. The van der Waals surface area contributed by atoms with E-state index in [4.69, 9.17) is 0 Å². The fraction of sp³-hybridized carbons (Fsp3) is 0.889. The maximum absolute atomic E-state index is 13.3. The maximum Gasteiger partial charge on any atom is 0.343 e. The van der Waals surface area contributed by atoms with Gasteiger partial charge in [0.2, 0.25) is 6.17 Å². The van der Waals surface area contributed by atoms with E-state index in [0.717, 1.165) is 0 Å². The zero-order valence-corrected chi connectivity index (χ0v) is 7.92. The topological polar surface area (TPSA) is 46.5 Å². The minimum absolute atomic E-state index is 0.144. The van der Waals surface area contributed by atoms with Gasteiger partial charge in [-0.15, -0.1) is 0 Å². The first kappa shape index (κ1) is 10.4. The van der Waals surface area contributed by atoms with Crippen LogP contribution >= 0.6 is 0 Å². The van der Waals surface area contributed by atoms with Gasteiger partial charge >= 0.3 is 5.97 Å². The summed E-state index contributed by atoms with van der Waals surface area (Å²) in [5.74, 6) is -0.658. The minimum Gasteiger partial charge on any atom is -0.464 e. The van der Waals surface area contributed by atoms with Crippen molar-refractivity contribution in [1.29, 1.82) is 0 Å². The molecule has 13 heavy (non-hydrogen) atoms. The molecule has 1 aliphatic rings. The van der Waals surface area contributed by atoms with E-state index in [1.807, 2.05) is 6.92 Å². The Bertz CT molecular complexity index is 199. The highest BCUT2D eigenvalue weighted by Gasteiger charge is 2.51. The van der Waals surface area contributed by atoms with Crippen molar-refractivity contribution in [2.75, 3.05) is 6.61 Å². The number of rotatable bonds is 3. The molecule has 1 N–H and O–H groups in total. The van der Waals surface area contributed by atoms with Crippen molar-refractivity contribution in [2.45, 2.75) is 38.5 Å². The molecular formula is C9H15FO3. The maximum atomic E-state index is 13.3. The molecule has 0 aromatic heterocycles. The molecule has 3 nitrogen and oxygen atoms in total. The van der Waals surface area contributed by atoms with Crippen LogP contribution in [0.1, 0.15) is 26.7 Å². The molecule has 0 aromatic rings. The lowest BCUT2D eigenvalue weighted by atomic mass is 9.69. The van der Waals surface area contributed by atoms with E-state index in [1.165, 1.54) is 0 Å². The molecule has 0 radical (unpaired) electrons. The Kier molecular flexibility index (Phi) is 2.91. The van der Waals surface area contributed by atoms with Crippen molar-refractivity contribution in [3.05, 3.63) is 0 Å². The van der Waals surface area contributed by atoms with Crippen LogP contribution in [0.5, 0.6) is 0 Å². The van der Waals surface area contributed by atoms with E-state index in [0.29, 0.717) is 12.8 Å². The Balaban J connectivity index is 2.47. The molecule has 0 saturated heterocycles. The lowest BCUT2D eigenvalue weighted by Gasteiger charge is -2.42. The Morgan fingerprint density at radius 3 is 2.69 bits per heavy atom. The van der Waals surface area contributed by atoms with Crippen LogP contribution in [0, 0.1) is 5.92 Å². The average Bonchev–Trinajstić information content (AvgIpc) is 2.01. The second-order valence-corrected chi connectivity index (χ2v) is 3.73. The highest BCUT2D eigenvalue weighted by Crippen LogP contribution is 2.41. The van der Waals surface area contributed by atoms with Gasteiger partial charge in [0.1, 0.15) is 5.60 Å².